The van der Waals surface area contributed by atoms with Crippen LogP contribution in [0, 0.1) is 0 Å². The highest BCUT2D eigenvalue weighted by atomic mass is 16.7. The zero-order valence-corrected chi connectivity index (χ0v) is 18.0. The largest absolute Gasteiger partial charge is 0.452 e. The Morgan fingerprint density at radius 2 is 1.00 bits per heavy atom. The van der Waals surface area contributed by atoms with Crippen LogP contribution < -0.4 is 0 Å². The Labute approximate surface area is 195 Å². The molecule has 0 aromatic heterocycles. The number of hydrogen-bond donors (Lipinski definition) is 1. The summed E-state index contributed by atoms with van der Waals surface area (Å²) in [6.07, 6.45) is -5.51. The molecular weight excluding hydrogens is 440 g/mol. The van der Waals surface area contributed by atoms with Gasteiger partial charge in [-0.1, -0.05) is 54.6 Å². The first kappa shape index (κ1) is 23.2. The van der Waals surface area contributed by atoms with Crippen molar-refractivity contribution >= 4 is 17.9 Å². The molecule has 4 atom stereocenters. The molecule has 1 aliphatic heterocycles. The lowest BCUT2D eigenvalue weighted by molar-refractivity contribution is -0.250. The van der Waals surface area contributed by atoms with Gasteiger partial charge in [0.25, 0.3) is 0 Å². The summed E-state index contributed by atoms with van der Waals surface area (Å²) in [5.41, 5.74) is 0.721. The fourth-order valence-electron chi connectivity index (χ4n) is 3.41. The number of esters is 3. The second kappa shape index (κ2) is 10.7. The van der Waals surface area contributed by atoms with Crippen LogP contribution >= 0.6 is 0 Å². The molecule has 1 heterocycles. The van der Waals surface area contributed by atoms with Crippen molar-refractivity contribution in [2.45, 2.75) is 24.6 Å². The number of aliphatic hydroxyl groups excluding tert-OH is 1. The van der Waals surface area contributed by atoms with Crippen molar-refractivity contribution in [2.24, 2.45) is 0 Å². The maximum absolute atomic E-state index is 12.8. The van der Waals surface area contributed by atoms with E-state index in [0.29, 0.717) is 0 Å². The number of benzene rings is 3. The van der Waals surface area contributed by atoms with Crippen molar-refractivity contribution in [1.82, 2.24) is 0 Å². The van der Waals surface area contributed by atoms with E-state index in [0.717, 1.165) is 0 Å². The fraction of sp³-hybridized carbons (Fsp3) is 0.192. The number of aliphatic hydroxyl groups is 1. The first-order chi connectivity index (χ1) is 16.5. The lowest BCUT2D eigenvalue weighted by Gasteiger charge is -2.38. The summed E-state index contributed by atoms with van der Waals surface area (Å²) in [5, 5.41) is 10.6. The topological polar surface area (TPSA) is 108 Å². The minimum absolute atomic E-state index is 0.226. The number of ether oxygens (including phenoxy) is 4. The van der Waals surface area contributed by atoms with Crippen LogP contribution in [0.25, 0.3) is 0 Å². The lowest BCUT2D eigenvalue weighted by atomic mass is 10.0. The molecule has 1 N–H and O–H groups in total. The molecule has 0 bridgehead atoms. The smallest absolute Gasteiger partial charge is 0.340 e. The number of hydrogen-bond acceptors (Lipinski definition) is 8. The van der Waals surface area contributed by atoms with Gasteiger partial charge in [-0.15, -0.1) is 0 Å². The summed E-state index contributed by atoms with van der Waals surface area (Å²) in [7, 11) is 0. The molecule has 0 aliphatic carbocycles. The molecule has 8 heteroatoms. The van der Waals surface area contributed by atoms with Crippen molar-refractivity contribution in [3.05, 3.63) is 108 Å². The highest BCUT2D eigenvalue weighted by molar-refractivity contribution is 5.91. The van der Waals surface area contributed by atoms with Crippen molar-refractivity contribution in [2.75, 3.05) is 6.61 Å². The molecule has 3 aromatic carbocycles. The van der Waals surface area contributed by atoms with E-state index in [2.05, 4.69) is 0 Å². The first-order valence-corrected chi connectivity index (χ1v) is 10.6. The molecule has 4 rings (SSSR count). The van der Waals surface area contributed by atoms with Crippen LogP contribution in [0.1, 0.15) is 31.1 Å². The Balaban J connectivity index is 1.59. The second-order valence-corrected chi connectivity index (χ2v) is 7.51. The van der Waals surface area contributed by atoms with Gasteiger partial charge in [-0.3, -0.25) is 0 Å². The Bertz CT molecular complexity index is 1120. The average Bonchev–Trinajstić information content (AvgIpc) is 2.89. The van der Waals surface area contributed by atoms with Gasteiger partial charge in [-0.05, 0) is 36.4 Å². The van der Waals surface area contributed by atoms with Crippen LogP contribution in [-0.2, 0) is 18.9 Å². The van der Waals surface area contributed by atoms with Crippen LogP contribution in [0.3, 0.4) is 0 Å². The summed E-state index contributed by atoms with van der Waals surface area (Å²) >= 11 is 0. The fourth-order valence-corrected chi connectivity index (χ4v) is 3.41. The molecule has 1 aliphatic rings. The van der Waals surface area contributed by atoms with Gasteiger partial charge >= 0.3 is 17.9 Å². The van der Waals surface area contributed by atoms with Gasteiger partial charge < -0.3 is 24.1 Å². The molecule has 174 valence electrons. The molecule has 0 saturated carbocycles. The Morgan fingerprint density at radius 1 is 0.618 bits per heavy atom. The number of carbonyl (C=O) groups excluding carboxylic acids is 3. The average molecular weight is 462 g/mol. The van der Waals surface area contributed by atoms with E-state index in [1.807, 2.05) is 0 Å². The Morgan fingerprint density at radius 3 is 1.44 bits per heavy atom. The first-order valence-electron chi connectivity index (χ1n) is 10.6. The lowest BCUT2D eigenvalue weighted by Crippen LogP contribution is -2.57. The maximum atomic E-state index is 12.8. The summed E-state index contributed by atoms with van der Waals surface area (Å²) in [4.78, 5) is 38.1. The molecule has 3 aromatic rings. The third-order valence-electron chi connectivity index (χ3n) is 5.14. The van der Waals surface area contributed by atoms with E-state index in [1.165, 1.54) is 0 Å². The highest BCUT2D eigenvalue weighted by Gasteiger charge is 2.47. The molecule has 0 radical (unpaired) electrons. The number of carbonyl (C=O) groups is 3. The van der Waals surface area contributed by atoms with Crippen LogP contribution in [0.2, 0.25) is 0 Å². The normalized spacial score (nSPS) is 21.8. The van der Waals surface area contributed by atoms with Gasteiger partial charge in [-0.25, -0.2) is 14.4 Å². The zero-order chi connectivity index (χ0) is 23.9. The SMILES string of the molecule is O=C(O[C@H]1OC[C@@H](O)[C@@H](OC(=O)c2ccccc2)[C@@H]1OC(=O)c1ccccc1)c1ccccc1. The van der Waals surface area contributed by atoms with Crippen molar-refractivity contribution in [1.29, 1.82) is 0 Å². The van der Waals surface area contributed by atoms with Crippen LogP contribution in [-0.4, -0.2) is 54.2 Å². The van der Waals surface area contributed by atoms with Crippen LogP contribution in [0.15, 0.2) is 91.0 Å². The van der Waals surface area contributed by atoms with Crippen molar-refractivity contribution in [3.63, 3.8) is 0 Å². The van der Waals surface area contributed by atoms with E-state index in [9.17, 15) is 19.5 Å². The third-order valence-corrected chi connectivity index (χ3v) is 5.14. The molecule has 8 nitrogen and oxygen atoms in total. The molecule has 1 fully saturated rings. The summed E-state index contributed by atoms with van der Waals surface area (Å²) in [6, 6.07) is 24.5. The molecule has 0 amide bonds. The predicted octanol–water partition coefficient (Wildman–Crippen LogP) is 3.01. The minimum Gasteiger partial charge on any atom is -0.452 e. The van der Waals surface area contributed by atoms with Gasteiger partial charge in [-0.2, -0.15) is 0 Å². The van der Waals surface area contributed by atoms with E-state index in [4.69, 9.17) is 18.9 Å². The number of rotatable bonds is 6. The monoisotopic (exact) mass is 462 g/mol. The highest BCUT2D eigenvalue weighted by Crippen LogP contribution is 2.26. The Kier molecular flexibility index (Phi) is 7.31. The molecule has 0 unspecified atom stereocenters. The van der Waals surface area contributed by atoms with Gasteiger partial charge in [0, 0.05) is 0 Å². The molecule has 1 saturated heterocycles. The van der Waals surface area contributed by atoms with Crippen molar-refractivity contribution < 1.29 is 38.4 Å². The van der Waals surface area contributed by atoms with Gasteiger partial charge in [0.2, 0.25) is 12.4 Å². The van der Waals surface area contributed by atoms with Crippen LogP contribution in [0.4, 0.5) is 0 Å². The Hall–Kier alpha value is -4.01. The van der Waals surface area contributed by atoms with Gasteiger partial charge in [0.15, 0.2) is 6.10 Å². The van der Waals surface area contributed by atoms with Gasteiger partial charge in [0.05, 0.1) is 23.3 Å². The summed E-state index contributed by atoms with van der Waals surface area (Å²) in [5.74, 6) is -2.22. The summed E-state index contributed by atoms with van der Waals surface area (Å²) in [6.45, 7) is -0.307. The van der Waals surface area contributed by atoms with Crippen molar-refractivity contribution in [3.8, 4) is 0 Å². The minimum atomic E-state index is -1.42. The molecule has 0 spiro atoms. The van der Waals surface area contributed by atoms with Gasteiger partial charge in [0.1, 0.15) is 6.10 Å². The summed E-state index contributed by atoms with van der Waals surface area (Å²) < 4.78 is 22.0. The van der Waals surface area contributed by atoms with E-state index >= 15 is 0 Å². The van der Waals surface area contributed by atoms with Crippen LogP contribution in [0.5, 0.6) is 0 Å². The maximum Gasteiger partial charge on any atom is 0.340 e. The standard InChI is InChI=1S/C26H22O8/c27-20-16-31-26(34-25(30)19-14-8-3-9-15-19)22(33-24(29)18-12-6-2-7-13-18)21(20)32-23(28)17-10-4-1-5-11-17/h1-15,20-22,26-27H,16H2/t20-,21-,22+,26-/m1/s1. The quantitative estimate of drug-likeness (QED) is 0.440. The van der Waals surface area contributed by atoms with E-state index < -0.39 is 42.5 Å². The molecule has 34 heavy (non-hydrogen) atoms. The zero-order valence-electron chi connectivity index (χ0n) is 18.0. The third kappa shape index (κ3) is 5.48. The van der Waals surface area contributed by atoms with E-state index in [1.54, 1.807) is 91.0 Å². The molecular formula is C26H22O8. The predicted molar refractivity (Wildman–Crippen MR) is 119 cm³/mol. The van der Waals surface area contributed by atoms with E-state index in [-0.39, 0.29) is 23.3 Å². The second-order valence-electron chi connectivity index (χ2n) is 7.51.